The molecule has 1 saturated carbocycles. The minimum Gasteiger partial charge on any atom is -0.349 e. The molecule has 1 amide bonds. The lowest BCUT2D eigenvalue weighted by molar-refractivity contribution is -0.118. The molecule has 80 valence electrons. The van der Waals surface area contributed by atoms with E-state index in [2.05, 4.69) is 19.2 Å². The second kappa shape index (κ2) is 4.63. The first-order chi connectivity index (χ1) is 6.56. The highest BCUT2D eigenvalue weighted by molar-refractivity contribution is 5.87. The van der Waals surface area contributed by atoms with Crippen molar-refractivity contribution in [3.8, 4) is 0 Å². The number of nitrogens with one attached hydrogen (secondary N) is 1. The SMILES string of the molecule is CC=CC(=O)NC1CCCCC1(C)C. The Morgan fingerprint density at radius 1 is 1.43 bits per heavy atom. The Hall–Kier alpha value is -0.790. The molecular formula is C12H21NO. The average Bonchev–Trinajstić information content (AvgIpc) is 2.09. The van der Waals surface area contributed by atoms with Crippen LogP contribution in [0, 0.1) is 5.41 Å². The fraction of sp³-hybridized carbons (Fsp3) is 0.750. The van der Waals surface area contributed by atoms with Crippen molar-refractivity contribution in [2.75, 3.05) is 0 Å². The van der Waals surface area contributed by atoms with E-state index in [-0.39, 0.29) is 11.3 Å². The molecule has 1 aliphatic carbocycles. The van der Waals surface area contributed by atoms with Gasteiger partial charge in [-0.3, -0.25) is 4.79 Å². The Morgan fingerprint density at radius 2 is 2.14 bits per heavy atom. The van der Waals surface area contributed by atoms with Crippen molar-refractivity contribution in [2.45, 2.75) is 52.5 Å². The van der Waals surface area contributed by atoms with Crippen LogP contribution in [0.5, 0.6) is 0 Å². The van der Waals surface area contributed by atoms with Crippen LogP contribution in [0.1, 0.15) is 46.5 Å². The van der Waals surface area contributed by atoms with E-state index in [9.17, 15) is 4.79 Å². The van der Waals surface area contributed by atoms with Crippen molar-refractivity contribution in [1.29, 1.82) is 0 Å². The van der Waals surface area contributed by atoms with Crippen LogP contribution in [0.25, 0.3) is 0 Å². The number of rotatable bonds is 2. The monoisotopic (exact) mass is 195 g/mol. The molecule has 0 aliphatic heterocycles. The minimum atomic E-state index is 0.0486. The first kappa shape index (κ1) is 11.3. The van der Waals surface area contributed by atoms with Crippen LogP contribution in [-0.2, 0) is 4.79 Å². The maximum Gasteiger partial charge on any atom is 0.243 e. The van der Waals surface area contributed by atoms with Gasteiger partial charge in [-0.15, -0.1) is 0 Å². The lowest BCUT2D eigenvalue weighted by atomic mass is 9.73. The van der Waals surface area contributed by atoms with E-state index in [1.54, 1.807) is 12.2 Å². The molecule has 0 saturated heterocycles. The van der Waals surface area contributed by atoms with Crippen LogP contribution in [0.2, 0.25) is 0 Å². The molecule has 2 heteroatoms. The summed E-state index contributed by atoms with van der Waals surface area (Å²) in [7, 11) is 0. The molecule has 1 rings (SSSR count). The molecule has 0 spiro atoms. The Bertz CT molecular complexity index is 230. The third-order valence-corrected chi connectivity index (χ3v) is 3.14. The molecule has 1 aliphatic rings. The van der Waals surface area contributed by atoms with Crippen LogP contribution in [0.4, 0.5) is 0 Å². The first-order valence-electron chi connectivity index (χ1n) is 5.49. The Balaban J connectivity index is 2.53. The van der Waals surface area contributed by atoms with Gasteiger partial charge >= 0.3 is 0 Å². The molecule has 14 heavy (non-hydrogen) atoms. The molecule has 0 aromatic heterocycles. The normalized spacial score (nSPS) is 26.4. The summed E-state index contributed by atoms with van der Waals surface area (Å²) in [6, 6.07) is 0.347. The summed E-state index contributed by atoms with van der Waals surface area (Å²) in [5.41, 5.74) is 0.259. The van der Waals surface area contributed by atoms with E-state index in [0.29, 0.717) is 6.04 Å². The van der Waals surface area contributed by atoms with Crippen LogP contribution < -0.4 is 5.32 Å². The van der Waals surface area contributed by atoms with E-state index in [0.717, 1.165) is 6.42 Å². The van der Waals surface area contributed by atoms with Crippen molar-refractivity contribution in [2.24, 2.45) is 5.41 Å². The summed E-state index contributed by atoms with van der Waals surface area (Å²) in [4.78, 5) is 11.4. The van der Waals surface area contributed by atoms with Crippen LogP contribution in [-0.4, -0.2) is 11.9 Å². The van der Waals surface area contributed by atoms with Gasteiger partial charge in [0.05, 0.1) is 0 Å². The maximum atomic E-state index is 11.4. The highest BCUT2D eigenvalue weighted by Crippen LogP contribution is 2.35. The van der Waals surface area contributed by atoms with E-state index in [1.807, 2.05) is 6.92 Å². The number of hydrogen-bond donors (Lipinski definition) is 1. The van der Waals surface area contributed by atoms with E-state index in [1.165, 1.54) is 19.3 Å². The van der Waals surface area contributed by atoms with Crippen molar-refractivity contribution in [3.05, 3.63) is 12.2 Å². The summed E-state index contributed by atoms with van der Waals surface area (Å²) in [5, 5.41) is 3.08. The van der Waals surface area contributed by atoms with E-state index in [4.69, 9.17) is 0 Å². The summed E-state index contributed by atoms with van der Waals surface area (Å²) >= 11 is 0. The fourth-order valence-electron chi connectivity index (χ4n) is 2.13. The summed E-state index contributed by atoms with van der Waals surface area (Å²) < 4.78 is 0. The standard InChI is InChI=1S/C12H21NO/c1-4-7-11(14)13-10-8-5-6-9-12(10,2)3/h4,7,10H,5-6,8-9H2,1-3H3,(H,13,14). The molecule has 1 atom stereocenters. The van der Waals surface area contributed by atoms with E-state index < -0.39 is 0 Å². The van der Waals surface area contributed by atoms with Gasteiger partial charge in [-0.1, -0.05) is 32.8 Å². The van der Waals surface area contributed by atoms with Crippen molar-refractivity contribution >= 4 is 5.91 Å². The molecule has 0 aromatic carbocycles. The van der Waals surface area contributed by atoms with Gasteiger partial charge in [0.2, 0.25) is 5.91 Å². The van der Waals surface area contributed by atoms with Gasteiger partial charge in [-0.25, -0.2) is 0 Å². The van der Waals surface area contributed by atoms with Crippen molar-refractivity contribution < 1.29 is 4.79 Å². The molecule has 0 radical (unpaired) electrons. The number of carbonyl (C=O) groups is 1. The number of allylic oxidation sites excluding steroid dienone is 1. The van der Waals surface area contributed by atoms with Gasteiger partial charge < -0.3 is 5.32 Å². The molecule has 0 bridgehead atoms. The zero-order valence-electron chi connectivity index (χ0n) is 9.47. The van der Waals surface area contributed by atoms with Gasteiger partial charge in [0.1, 0.15) is 0 Å². The second-order valence-electron chi connectivity index (χ2n) is 4.80. The Kier molecular flexibility index (Phi) is 3.73. The largest absolute Gasteiger partial charge is 0.349 e. The summed E-state index contributed by atoms with van der Waals surface area (Å²) in [6.07, 6.45) is 8.26. The van der Waals surface area contributed by atoms with Gasteiger partial charge in [-0.2, -0.15) is 0 Å². The predicted octanol–water partition coefficient (Wildman–Crippen LogP) is 2.65. The zero-order valence-corrected chi connectivity index (χ0v) is 9.47. The Labute approximate surface area is 86.8 Å². The molecular weight excluding hydrogens is 174 g/mol. The van der Waals surface area contributed by atoms with Gasteiger partial charge in [-0.05, 0) is 31.3 Å². The van der Waals surface area contributed by atoms with Crippen molar-refractivity contribution in [1.82, 2.24) is 5.32 Å². The number of carbonyl (C=O) groups excluding carboxylic acids is 1. The minimum absolute atomic E-state index is 0.0486. The van der Waals surface area contributed by atoms with Gasteiger partial charge in [0.15, 0.2) is 0 Å². The lowest BCUT2D eigenvalue weighted by Crippen LogP contribution is -2.46. The van der Waals surface area contributed by atoms with Gasteiger partial charge in [0, 0.05) is 6.04 Å². The highest BCUT2D eigenvalue weighted by Gasteiger charge is 2.32. The molecule has 0 aromatic rings. The summed E-state index contributed by atoms with van der Waals surface area (Å²) in [6.45, 7) is 6.35. The molecule has 1 fully saturated rings. The molecule has 0 heterocycles. The van der Waals surface area contributed by atoms with Crippen LogP contribution in [0.15, 0.2) is 12.2 Å². The number of amides is 1. The maximum absolute atomic E-state index is 11.4. The summed E-state index contributed by atoms with van der Waals surface area (Å²) in [5.74, 6) is 0.0486. The first-order valence-corrected chi connectivity index (χ1v) is 5.49. The predicted molar refractivity (Wildman–Crippen MR) is 59.0 cm³/mol. The van der Waals surface area contributed by atoms with E-state index >= 15 is 0 Å². The fourth-order valence-corrected chi connectivity index (χ4v) is 2.13. The van der Waals surface area contributed by atoms with Crippen LogP contribution in [0.3, 0.4) is 0 Å². The molecule has 1 N–H and O–H groups in total. The third kappa shape index (κ3) is 2.86. The quantitative estimate of drug-likeness (QED) is 0.674. The topological polar surface area (TPSA) is 29.1 Å². The lowest BCUT2D eigenvalue weighted by Gasteiger charge is -2.38. The smallest absolute Gasteiger partial charge is 0.243 e. The van der Waals surface area contributed by atoms with Gasteiger partial charge in [0.25, 0.3) is 0 Å². The van der Waals surface area contributed by atoms with Crippen molar-refractivity contribution in [3.63, 3.8) is 0 Å². The third-order valence-electron chi connectivity index (χ3n) is 3.14. The zero-order chi connectivity index (χ0) is 10.6. The van der Waals surface area contributed by atoms with Crippen LogP contribution >= 0.6 is 0 Å². The Morgan fingerprint density at radius 3 is 2.71 bits per heavy atom. The number of hydrogen-bond acceptors (Lipinski definition) is 1. The molecule has 1 unspecified atom stereocenters. The second-order valence-corrected chi connectivity index (χ2v) is 4.80. The highest BCUT2D eigenvalue weighted by atomic mass is 16.1. The molecule has 2 nitrogen and oxygen atoms in total. The average molecular weight is 195 g/mol.